The Morgan fingerprint density at radius 2 is 1.60 bits per heavy atom. The number of hydrogen-bond acceptors (Lipinski definition) is 2. The van der Waals surface area contributed by atoms with E-state index in [0.717, 1.165) is 23.4 Å². The number of Topliss-reactive ketones (excluding diaryl/α,β-unsaturated/α-hetero) is 1. The Bertz CT molecular complexity index is 603. The van der Waals surface area contributed by atoms with Crippen molar-refractivity contribution in [3.8, 4) is 0 Å². The summed E-state index contributed by atoms with van der Waals surface area (Å²) in [6, 6.07) is 11.0. The van der Waals surface area contributed by atoms with Crippen LogP contribution in [0.25, 0.3) is 0 Å². The molecule has 0 radical (unpaired) electrons. The van der Waals surface area contributed by atoms with E-state index < -0.39 is 23.0 Å². The first-order valence-corrected chi connectivity index (χ1v) is 6.24. The van der Waals surface area contributed by atoms with E-state index in [1.54, 1.807) is 11.9 Å². The predicted molar refractivity (Wildman–Crippen MR) is 75.1 cm³/mol. The summed E-state index contributed by atoms with van der Waals surface area (Å²) < 4.78 is 27.1. The molecule has 2 rings (SSSR count). The van der Waals surface area contributed by atoms with Crippen molar-refractivity contribution in [1.82, 2.24) is 0 Å². The van der Waals surface area contributed by atoms with E-state index in [1.807, 2.05) is 31.2 Å². The summed E-state index contributed by atoms with van der Waals surface area (Å²) >= 11 is 0. The molecule has 0 atom stereocenters. The fourth-order valence-corrected chi connectivity index (χ4v) is 1.95. The van der Waals surface area contributed by atoms with Crippen molar-refractivity contribution < 1.29 is 13.6 Å². The van der Waals surface area contributed by atoms with Crippen LogP contribution in [0.2, 0.25) is 0 Å². The zero-order chi connectivity index (χ0) is 14.7. The Balaban J connectivity index is 2.17. The lowest BCUT2D eigenvalue weighted by molar-refractivity contribution is 0.0992. The van der Waals surface area contributed by atoms with Crippen molar-refractivity contribution in [3.05, 3.63) is 65.2 Å². The molecule has 0 heterocycles. The predicted octanol–water partition coefficient (Wildman–Crippen LogP) is 3.59. The smallest absolute Gasteiger partial charge is 0.187 e. The van der Waals surface area contributed by atoms with E-state index in [4.69, 9.17) is 0 Å². The minimum Gasteiger partial charge on any atom is -0.367 e. The summed E-state index contributed by atoms with van der Waals surface area (Å²) in [7, 11) is 1.71. The van der Waals surface area contributed by atoms with Crippen LogP contribution in [0.15, 0.2) is 42.5 Å². The SMILES string of the molecule is Cc1ccc(N(C)CC(=O)c2c(F)cccc2F)cc1. The van der Waals surface area contributed by atoms with Gasteiger partial charge in [-0.3, -0.25) is 4.79 Å². The number of likely N-dealkylation sites (N-methyl/N-ethyl adjacent to an activating group) is 1. The molecule has 0 saturated heterocycles. The van der Waals surface area contributed by atoms with Gasteiger partial charge in [0.25, 0.3) is 0 Å². The Kier molecular flexibility index (Phi) is 4.13. The van der Waals surface area contributed by atoms with Crippen molar-refractivity contribution in [1.29, 1.82) is 0 Å². The molecule has 104 valence electrons. The maximum Gasteiger partial charge on any atom is 0.187 e. The lowest BCUT2D eigenvalue weighted by Gasteiger charge is -2.18. The Morgan fingerprint density at radius 3 is 2.15 bits per heavy atom. The molecule has 0 saturated carbocycles. The number of carbonyl (C=O) groups excluding carboxylic acids is 1. The average Bonchev–Trinajstić information content (AvgIpc) is 2.39. The molecule has 0 aliphatic carbocycles. The zero-order valence-corrected chi connectivity index (χ0v) is 11.4. The Labute approximate surface area is 116 Å². The molecule has 0 N–H and O–H groups in total. The lowest BCUT2D eigenvalue weighted by atomic mass is 10.1. The molecule has 2 aromatic rings. The first kappa shape index (κ1) is 14.2. The second kappa shape index (κ2) is 5.82. The molecule has 2 aromatic carbocycles. The van der Waals surface area contributed by atoms with Crippen LogP contribution in [0.4, 0.5) is 14.5 Å². The van der Waals surface area contributed by atoms with E-state index in [-0.39, 0.29) is 6.54 Å². The highest BCUT2D eigenvalue weighted by Crippen LogP contribution is 2.17. The number of benzene rings is 2. The minimum absolute atomic E-state index is 0.0824. The van der Waals surface area contributed by atoms with E-state index >= 15 is 0 Å². The van der Waals surface area contributed by atoms with Gasteiger partial charge < -0.3 is 4.90 Å². The molecule has 0 aliphatic heterocycles. The van der Waals surface area contributed by atoms with Crippen LogP contribution >= 0.6 is 0 Å². The zero-order valence-electron chi connectivity index (χ0n) is 11.4. The van der Waals surface area contributed by atoms with Crippen LogP contribution in [-0.2, 0) is 0 Å². The minimum atomic E-state index is -0.827. The highest BCUT2D eigenvalue weighted by molar-refractivity contribution is 5.99. The third-order valence-corrected chi connectivity index (χ3v) is 3.10. The van der Waals surface area contributed by atoms with Crippen molar-refractivity contribution >= 4 is 11.5 Å². The van der Waals surface area contributed by atoms with Crippen molar-refractivity contribution in [2.75, 3.05) is 18.5 Å². The molecule has 0 fully saturated rings. The summed E-state index contributed by atoms with van der Waals surface area (Å²) in [5.41, 5.74) is 1.45. The van der Waals surface area contributed by atoms with Gasteiger partial charge in [-0.1, -0.05) is 23.8 Å². The summed E-state index contributed by atoms with van der Waals surface area (Å²) in [6.45, 7) is 1.88. The van der Waals surface area contributed by atoms with Crippen molar-refractivity contribution in [3.63, 3.8) is 0 Å². The number of hydrogen-bond donors (Lipinski definition) is 0. The third-order valence-electron chi connectivity index (χ3n) is 3.10. The quantitative estimate of drug-likeness (QED) is 0.795. The van der Waals surface area contributed by atoms with Gasteiger partial charge in [0, 0.05) is 12.7 Å². The van der Waals surface area contributed by atoms with Gasteiger partial charge in [-0.05, 0) is 31.2 Å². The Hall–Kier alpha value is -2.23. The second-order valence-corrected chi connectivity index (χ2v) is 4.71. The van der Waals surface area contributed by atoms with Crippen LogP contribution in [0.5, 0.6) is 0 Å². The largest absolute Gasteiger partial charge is 0.367 e. The monoisotopic (exact) mass is 275 g/mol. The highest BCUT2D eigenvalue weighted by Gasteiger charge is 2.18. The molecular formula is C16H15F2NO. The first-order valence-electron chi connectivity index (χ1n) is 6.24. The Morgan fingerprint density at radius 1 is 1.05 bits per heavy atom. The lowest BCUT2D eigenvalue weighted by Crippen LogP contribution is -2.26. The molecule has 0 unspecified atom stereocenters. The van der Waals surface area contributed by atoms with E-state index in [2.05, 4.69) is 0 Å². The molecule has 0 spiro atoms. The molecule has 0 aliphatic rings. The standard InChI is InChI=1S/C16H15F2NO/c1-11-6-8-12(9-7-11)19(2)10-15(20)16-13(17)4-3-5-14(16)18/h3-9H,10H2,1-2H3. The number of halogens is 2. The summed E-state index contributed by atoms with van der Waals surface area (Å²) in [4.78, 5) is 13.7. The van der Waals surface area contributed by atoms with Crippen LogP contribution in [0, 0.1) is 18.6 Å². The maximum absolute atomic E-state index is 13.5. The summed E-state index contributed by atoms with van der Waals surface area (Å²) in [5.74, 6) is -2.23. The van der Waals surface area contributed by atoms with Gasteiger partial charge in [0.1, 0.15) is 11.6 Å². The summed E-state index contributed by atoms with van der Waals surface area (Å²) in [5, 5.41) is 0. The van der Waals surface area contributed by atoms with E-state index in [9.17, 15) is 13.6 Å². The molecule has 0 bridgehead atoms. The van der Waals surface area contributed by atoms with Gasteiger partial charge in [-0.25, -0.2) is 8.78 Å². The average molecular weight is 275 g/mol. The van der Waals surface area contributed by atoms with Gasteiger partial charge in [0.05, 0.1) is 12.1 Å². The van der Waals surface area contributed by atoms with Crippen molar-refractivity contribution in [2.45, 2.75) is 6.92 Å². The van der Waals surface area contributed by atoms with Crippen LogP contribution < -0.4 is 4.90 Å². The number of anilines is 1. The van der Waals surface area contributed by atoms with Crippen LogP contribution in [0.3, 0.4) is 0 Å². The van der Waals surface area contributed by atoms with Gasteiger partial charge in [-0.2, -0.15) is 0 Å². The highest BCUT2D eigenvalue weighted by atomic mass is 19.1. The number of carbonyl (C=O) groups is 1. The maximum atomic E-state index is 13.5. The number of nitrogens with zero attached hydrogens (tertiary/aromatic N) is 1. The van der Waals surface area contributed by atoms with Gasteiger partial charge >= 0.3 is 0 Å². The van der Waals surface area contributed by atoms with Gasteiger partial charge in [0.2, 0.25) is 0 Å². The van der Waals surface area contributed by atoms with E-state index in [0.29, 0.717) is 0 Å². The van der Waals surface area contributed by atoms with E-state index in [1.165, 1.54) is 6.07 Å². The normalized spacial score (nSPS) is 10.4. The van der Waals surface area contributed by atoms with Crippen LogP contribution in [0.1, 0.15) is 15.9 Å². The molecule has 0 aromatic heterocycles. The third kappa shape index (κ3) is 3.02. The van der Waals surface area contributed by atoms with Gasteiger partial charge in [-0.15, -0.1) is 0 Å². The molecule has 0 amide bonds. The molecule has 20 heavy (non-hydrogen) atoms. The fraction of sp³-hybridized carbons (Fsp3) is 0.188. The number of rotatable bonds is 4. The molecule has 2 nitrogen and oxygen atoms in total. The molecular weight excluding hydrogens is 260 g/mol. The fourth-order valence-electron chi connectivity index (χ4n) is 1.95. The first-order chi connectivity index (χ1) is 9.49. The van der Waals surface area contributed by atoms with Crippen LogP contribution in [-0.4, -0.2) is 19.4 Å². The number of aryl methyl sites for hydroxylation is 1. The van der Waals surface area contributed by atoms with Crippen molar-refractivity contribution in [2.24, 2.45) is 0 Å². The second-order valence-electron chi connectivity index (χ2n) is 4.71. The number of ketones is 1. The summed E-state index contributed by atoms with van der Waals surface area (Å²) in [6.07, 6.45) is 0. The topological polar surface area (TPSA) is 20.3 Å². The van der Waals surface area contributed by atoms with Gasteiger partial charge in [0.15, 0.2) is 5.78 Å². The molecule has 4 heteroatoms.